The lowest BCUT2D eigenvalue weighted by Gasteiger charge is -2.04. The minimum atomic E-state index is 0.713. The van der Waals surface area contributed by atoms with Gasteiger partial charge in [-0.05, 0) is 66.7 Å². The molecule has 0 atom stereocenters. The number of hydrogen-bond donors (Lipinski definition) is 1. The molecular weight excluding hydrogens is 461 g/mol. The van der Waals surface area contributed by atoms with Gasteiger partial charge in [0, 0.05) is 37.3 Å². The van der Waals surface area contributed by atoms with E-state index in [1.165, 1.54) is 16.2 Å². The van der Waals surface area contributed by atoms with Gasteiger partial charge in [0.25, 0.3) is 6.33 Å². The number of benzene rings is 4. The minimum absolute atomic E-state index is 0.713. The van der Waals surface area contributed by atoms with Crippen LogP contribution in [0.5, 0.6) is 0 Å². The quantitative estimate of drug-likeness (QED) is 0.243. The second kappa shape index (κ2) is 7.36. The molecule has 0 aliphatic rings. The minimum Gasteiger partial charge on any atom is -0.351 e. The van der Waals surface area contributed by atoms with Gasteiger partial charge in [-0.25, -0.2) is 0 Å². The van der Waals surface area contributed by atoms with Crippen molar-refractivity contribution in [2.75, 3.05) is 0 Å². The van der Waals surface area contributed by atoms with E-state index in [-0.39, 0.29) is 0 Å². The molecule has 0 unspecified atom stereocenters. The summed E-state index contributed by atoms with van der Waals surface area (Å²) in [7, 11) is 0. The van der Waals surface area contributed by atoms with Crippen LogP contribution in [-0.2, 0) is 0 Å². The number of para-hydroxylation sites is 2. The van der Waals surface area contributed by atoms with E-state index in [0.717, 1.165) is 39.0 Å². The number of aromatic nitrogens is 3. The van der Waals surface area contributed by atoms with Crippen LogP contribution >= 0.6 is 23.2 Å². The van der Waals surface area contributed by atoms with Crippen molar-refractivity contribution in [2.24, 2.45) is 0 Å². The van der Waals surface area contributed by atoms with Crippen molar-refractivity contribution < 1.29 is 4.40 Å². The Balaban J connectivity index is 1.75. The Labute approximate surface area is 205 Å². The lowest BCUT2D eigenvalue weighted by molar-refractivity contribution is -0.480. The summed E-state index contributed by atoms with van der Waals surface area (Å²) in [6.07, 6.45) is 2.16. The maximum Gasteiger partial charge on any atom is 0.255 e. The van der Waals surface area contributed by atoms with Crippen LogP contribution in [0.25, 0.3) is 55.2 Å². The molecular formula is C29H18Cl2N3+. The normalized spacial score (nSPS) is 11.8. The van der Waals surface area contributed by atoms with Crippen LogP contribution in [0.1, 0.15) is 0 Å². The number of pyridine rings is 1. The molecule has 0 fully saturated rings. The lowest BCUT2D eigenvalue weighted by Crippen LogP contribution is -2.20. The van der Waals surface area contributed by atoms with E-state index >= 15 is 0 Å². The van der Waals surface area contributed by atoms with E-state index in [9.17, 15) is 0 Å². The summed E-state index contributed by atoms with van der Waals surface area (Å²) in [5, 5.41) is 5.09. The van der Waals surface area contributed by atoms with Gasteiger partial charge in [-0.1, -0.05) is 53.5 Å². The summed E-state index contributed by atoms with van der Waals surface area (Å²) >= 11 is 12.5. The van der Waals surface area contributed by atoms with Crippen LogP contribution in [-0.4, -0.2) is 9.55 Å². The first-order chi connectivity index (χ1) is 16.7. The highest BCUT2D eigenvalue weighted by Gasteiger charge is 2.27. The third-order valence-electron chi connectivity index (χ3n) is 6.54. The van der Waals surface area contributed by atoms with Crippen molar-refractivity contribution in [3.8, 4) is 16.9 Å². The van der Waals surface area contributed by atoms with Gasteiger partial charge in [-0.2, -0.15) is 8.97 Å². The fourth-order valence-corrected chi connectivity index (χ4v) is 5.31. The lowest BCUT2D eigenvalue weighted by atomic mass is 10.0. The Bertz CT molecular complexity index is 1860. The van der Waals surface area contributed by atoms with Crippen LogP contribution in [0, 0.1) is 0 Å². The average molecular weight is 479 g/mol. The first-order valence-corrected chi connectivity index (χ1v) is 11.8. The number of imidazole rings is 1. The van der Waals surface area contributed by atoms with Crippen LogP contribution in [0.3, 0.4) is 0 Å². The maximum absolute atomic E-state index is 6.26. The molecule has 162 valence electrons. The van der Waals surface area contributed by atoms with Crippen molar-refractivity contribution in [2.45, 2.75) is 0 Å². The summed E-state index contributed by atoms with van der Waals surface area (Å²) in [6.45, 7) is 0. The van der Waals surface area contributed by atoms with Gasteiger partial charge < -0.3 is 4.98 Å². The fraction of sp³-hybridized carbons (Fsp3) is 0. The van der Waals surface area contributed by atoms with Gasteiger partial charge in [-0.15, -0.1) is 0 Å². The molecule has 3 nitrogen and oxygen atoms in total. The number of rotatable bonds is 2. The zero-order valence-electron chi connectivity index (χ0n) is 18.0. The monoisotopic (exact) mass is 478 g/mol. The van der Waals surface area contributed by atoms with E-state index < -0.39 is 0 Å². The highest BCUT2D eigenvalue weighted by atomic mass is 35.5. The molecule has 3 heterocycles. The molecule has 1 N–H and O–H groups in total. The standard InChI is InChI=1S/C29H18Cl2N3/c30-19-11-9-18(10-12-19)28-29-27-26(22-5-1-3-7-24(22)32-27)23-6-2-4-8-25(23)34(29)17-33(28)21-15-13-20(31)14-16-21/h1-17,32H/q+1. The van der Waals surface area contributed by atoms with Crippen molar-refractivity contribution in [3.63, 3.8) is 0 Å². The number of nitrogens with one attached hydrogen (secondary N) is 1. The summed E-state index contributed by atoms with van der Waals surface area (Å²) in [5.74, 6) is 0. The molecule has 4 aromatic carbocycles. The molecule has 0 aliphatic carbocycles. The smallest absolute Gasteiger partial charge is 0.255 e. The zero-order valence-corrected chi connectivity index (χ0v) is 19.5. The van der Waals surface area contributed by atoms with Gasteiger partial charge in [-0.3, -0.25) is 0 Å². The van der Waals surface area contributed by atoms with Crippen molar-refractivity contribution >= 4 is 61.4 Å². The molecule has 7 rings (SSSR count). The molecule has 0 saturated carbocycles. The number of nitrogens with zero attached hydrogens (tertiary/aromatic N) is 2. The Morgan fingerprint density at radius 3 is 2.09 bits per heavy atom. The van der Waals surface area contributed by atoms with Crippen molar-refractivity contribution in [1.82, 2.24) is 9.55 Å². The molecule has 3 aromatic heterocycles. The first kappa shape index (κ1) is 19.7. The highest BCUT2D eigenvalue weighted by molar-refractivity contribution is 6.31. The third kappa shape index (κ3) is 2.81. The molecule has 0 saturated heterocycles. The summed E-state index contributed by atoms with van der Waals surface area (Å²) in [4.78, 5) is 3.73. The second-order valence-electron chi connectivity index (χ2n) is 8.47. The second-order valence-corrected chi connectivity index (χ2v) is 9.35. The molecule has 0 radical (unpaired) electrons. The third-order valence-corrected chi connectivity index (χ3v) is 7.04. The number of halogens is 2. The highest BCUT2D eigenvalue weighted by Crippen LogP contribution is 2.38. The molecule has 7 aromatic rings. The number of fused-ring (bicyclic) bond motifs is 8. The molecule has 34 heavy (non-hydrogen) atoms. The molecule has 0 spiro atoms. The molecule has 0 amide bonds. The number of aromatic amines is 1. The van der Waals surface area contributed by atoms with Gasteiger partial charge in [0.15, 0.2) is 5.69 Å². The SMILES string of the molecule is Clc1ccc(-c2c3c4[nH]c5ccccc5c4c4ccccc4[n+]3cn2-c2ccc(Cl)cc2)cc1. The summed E-state index contributed by atoms with van der Waals surface area (Å²) in [5.41, 5.74) is 7.69. The Hall–Kier alpha value is -3.79. The van der Waals surface area contributed by atoms with Crippen LogP contribution in [0.2, 0.25) is 10.0 Å². The predicted molar refractivity (Wildman–Crippen MR) is 141 cm³/mol. The largest absolute Gasteiger partial charge is 0.351 e. The van der Waals surface area contributed by atoms with E-state index in [0.29, 0.717) is 10.0 Å². The van der Waals surface area contributed by atoms with Crippen LogP contribution in [0.15, 0.2) is 103 Å². The fourth-order valence-electron chi connectivity index (χ4n) is 5.06. The van der Waals surface area contributed by atoms with Crippen LogP contribution in [0.4, 0.5) is 0 Å². The number of H-pyrrole nitrogens is 1. The van der Waals surface area contributed by atoms with E-state index in [1.54, 1.807) is 0 Å². The topological polar surface area (TPSA) is 24.8 Å². The Morgan fingerprint density at radius 1 is 0.676 bits per heavy atom. The molecule has 5 heteroatoms. The average Bonchev–Trinajstić information content (AvgIpc) is 3.45. The summed E-state index contributed by atoms with van der Waals surface area (Å²) in [6, 6.07) is 33.1. The van der Waals surface area contributed by atoms with Gasteiger partial charge in [0.1, 0.15) is 11.2 Å². The van der Waals surface area contributed by atoms with E-state index in [2.05, 4.69) is 80.9 Å². The molecule has 0 bridgehead atoms. The Morgan fingerprint density at radius 2 is 1.32 bits per heavy atom. The first-order valence-electron chi connectivity index (χ1n) is 11.1. The van der Waals surface area contributed by atoms with E-state index in [1.807, 2.05) is 36.4 Å². The van der Waals surface area contributed by atoms with Crippen molar-refractivity contribution in [1.29, 1.82) is 0 Å². The predicted octanol–water partition coefficient (Wildman–Crippen LogP) is 7.98. The maximum atomic E-state index is 6.26. The van der Waals surface area contributed by atoms with Crippen molar-refractivity contribution in [3.05, 3.63) is 113 Å². The number of hydrogen-bond acceptors (Lipinski definition) is 0. The van der Waals surface area contributed by atoms with Gasteiger partial charge in [0.05, 0.1) is 5.52 Å². The van der Waals surface area contributed by atoms with Gasteiger partial charge in [0.2, 0.25) is 5.52 Å². The Kier molecular flexibility index (Phi) is 4.25. The van der Waals surface area contributed by atoms with E-state index in [4.69, 9.17) is 23.2 Å². The zero-order chi connectivity index (χ0) is 22.8. The van der Waals surface area contributed by atoms with Crippen LogP contribution < -0.4 is 4.40 Å². The van der Waals surface area contributed by atoms with Gasteiger partial charge >= 0.3 is 0 Å². The molecule has 0 aliphatic heterocycles. The summed E-state index contributed by atoms with van der Waals surface area (Å²) < 4.78 is 4.51.